The summed E-state index contributed by atoms with van der Waals surface area (Å²) < 4.78 is 69.5. The van der Waals surface area contributed by atoms with Gasteiger partial charge in [-0.15, -0.1) is 11.3 Å². The Morgan fingerprint density at radius 1 is 1.11 bits per heavy atom. The van der Waals surface area contributed by atoms with Crippen molar-refractivity contribution in [3.8, 4) is 0 Å². The van der Waals surface area contributed by atoms with Crippen LogP contribution < -0.4 is 0 Å². The Balaban J connectivity index is 1.27. The molecule has 0 amide bonds. The van der Waals surface area contributed by atoms with Crippen LogP contribution in [0.15, 0.2) is 46.9 Å². The van der Waals surface area contributed by atoms with Gasteiger partial charge in [0.05, 0.1) is 5.69 Å². The maximum absolute atomic E-state index is 15.9. The number of alkyl halides is 5. The molecule has 0 aliphatic carbocycles. The third kappa shape index (κ3) is 5.01. The largest absolute Gasteiger partial charge is 0.387 e. The highest BCUT2D eigenvalue weighted by Gasteiger charge is 2.42. The van der Waals surface area contributed by atoms with Crippen molar-refractivity contribution in [1.82, 2.24) is 19.7 Å². The van der Waals surface area contributed by atoms with Gasteiger partial charge in [-0.1, -0.05) is 35.5 Å². The first-order chi connectivity index (χ1) is 17.8. The summed E-state index contributed by atoms with van der Waals surface area (Å²) >= 11 is 1.15. The van der Waals surface area contributed by atoms with Gasteiger partial charge in [0.2, 0.25) is 0 Å². The summed E-state index contributed by atoms with van der Waals surface area (Å²) in [6.07, 6.45) is -7.05. The van der Waals surface area contributed by atoms with E-state index >= 15 is 4.39 Å². The Bertz CT molecular complexity index is 1270. The zero-order valence-electron chi connectivity index (χ0n) is 19.3. The number of carbonyl (C=O) groups is 1. The van der Waals surface area contributed by atoms with Gasteiger partial charge in [0.25, 0.3) is 12.9 Å². The van der Waals surface area contributed by atoms with E-state index in [1.165, 1.54) is 4.90 Å². The van der Waals surface area contributed by atoms with E-state index < -0.39 is 36.1 Å². The normalized spacial score (nSPS) is 20.7. The van der Waals surface area contributed by atoms with Gasteiger partial charge < -0.3 is 4.84 Å². The number of aromatic nitrogens is 3. The second-order valence-corrected chi connectivity index (χ2v) is 9.73. The molecule has 2 aliphatic heterocycles. The Labute approximate surface area is 212 Å². The second kappa shape index (κ2) is 10.3. The lowest BCUT2D eigenvalue weighted by atomic mass is 9.93. The molecular formula is C24H22F5N5O2S. The number of oxime groups is 1. The van der Waals surface area contributed by atoms with Crippen molar-refractivity contribution in [3.05, 3.63) is 69.4 Å². The predicted molar refractivity (Wildman–Crippen MR) is 124 cm³/mol. The van der Waals surface area contributed by atoms with Gasteiger partial charge in [0.1, 0.15) is 22.1 Å². The molecule has 13 heteroatoms. The van der Waals surface area contributed by atoms with E-state index in [0.29, 0.717) is 34.9 Å². The first-order valence-corrected chi connectivity index (χ1v) is 12.4. The molecule has 2 aromatic heterocycles. The molecule has 7 nitrogen and oxygen atoms in total. The molecule has 2 unspecified atom stereocenters. The minimum Gasteiger partial charge on any atom is -0.387 e. The lowest BCUT2D eigenvalue weighted by molar-refractivity contribution is -0.118. The maximum Gasteiger partial charge on any atom is 0.282 e. The van der Waals surface area contributed by atoms with E-state index in [1.54, 1.807) is 5.38 Å². The van der Waals surface area contributed by atoms with E-state index in [1.807, 2.05) is 30.3 Å². The summed E-state index contributed by atoms with van der Waals surface area (Å²) in [5, 5.41) is 9.63. The molecule has 4 heterocycles. The molecule has 0 bridgehead atoms. The first kappa shape index (κ1) is 25.5. The standard InChI is InChI=1S/C24H22F5N5O2S/c25-21(26)16-10-18(22(27)28)34(31-16)20(12-35)33-8-6-24(29,7-9-33)23-30-17(13-37-23)15-11-19(36-32-15)14-4-2-1-3-5-14/h1-5,10,12-13,19-22H,6-9,11H2. The third-order valence-electron chi connectivity index (χ3n) is 6.59. The highest BCUT2D eigenvalue weighted by Crippen LogP contribution is 2.41. The molecular weight excluding hydrogens is 517 g/mol. The molecule has 1 fully saturated rings. The molecule has 2 atom stereocenters. The SMILES string of the molecule is O=CC(N1CCC(F)(c2nc(C3=NOC(c4ccccc4)C3)cs2)CC1)n1nc(C(F)F)cc1C(F)F. The number of nitrogens with zero attached hydrogens (tertiary/aromatic N) is 5. The number of rotatable bonds is 8. The van der Waals surface area contributed by atoms with Crippen molar-refractivity contribution in [1.29, 1.82) is 0 Å². The van der Waals surface area contributed by atoms with Gasteiger partial charge in [-0.3, -0.25) is 9.69 Å². The number of hydrogen-bond acceptors (Lipinski definition) is 7. The minimum absolute atomic E-state index is 0.0154. The summed E-state index contributed by atoms with van der Waals surface area (Å²) in [6, 6.07) is 10.2. The van der Waals surface area contributed by atoms with Gasteiger partial charge in [0, 0.05) is 37.7 Å². The fraction of sp³-hybridized carbons (Fsp3) is 0.417. The molecule has 0 radical (unpaired) electrons. The summed E-state index contributed by atoms with van der Waals surface area (Å²) in [5.41, 5.74) is -1.31. The van der Waals surface area contributed by atoms with Gasteiger partial charge in [-0.2, -0.15) is 5.10 Å². The quantitative estimate of drug-likeness (QED) is 0.270. The van der Waals surface area contributed by atoms with Crippen LogP contribution in [0, 0.1) is 0 Å². The molecule has 1 saturated heterocycles. The van der Waals surface area contributed by atoms with Crippen LogP contribution in [0.5, 0.6) is 0 Å². The zero-order valence-corrected chi connectivity index (χ0v) is 20.1. The molecule has 2 aliphatic rings. The third-order valence-corrected chi connectivity index (χ3v) is 7.61. The van der Waals surface area contributed by atoms with Gasteiger partial charge in [-0.25, -0.2) is 31.6 Å². The summed E-state index contributed by atoms with van der Waals surface area (Å²) in [7, 11) is 0. The zero-order chi connectivity index (χ0) is 26.2. The fourth-order valence-corrected chi connectivity index (χ4v) is 5.53. The van der Waals surface area contributed by atoms with E-state index in [0.717, 1.165) is 16.9 Å². The number of carbonyl (C=O) groups excluding carboxylic acids is 1. The smallest absolute Gasteiger partial charge is 0.282 e. The lowest BCUT2D eigenvalue weighted by Crippen LogP contribution is -2.44. The Morgan fingerprint density at radius 2 is 1.84 bits per heavy atom. The van der Waals surface area contributed by atoms with E-state index in [9.17, 15) is 22.4 Å². The van der Waals surface area contributed by atoms with E-state index in [-0.39, 0.29) is 37.0 Å². The van der Waals surface area contributed by atoms with Crippen LogP contribution in [0.1, 0.15) is 72.0 Å². The maximum atomic E-state index is 15.9. The first-order valence-electron chi connectivity index (χ1n) is 11.6. The molecule has 196 valence electrons. The summed E-state index contributed by atoms with van der Waals surface area (Å²) in [6.45, 7) is 0.0308. The van der Waals surface area contributed by atoms with Crippen LogP contribution in [0.4, 0.5) is 22.0 Å². The highest BCUT2D eigenvalue weighted by molar-refractivity contribution is 7.10. The van der Waals surface area contributed by atoms with Gasteiger partial charge in [0.15, 0.2) is 24.2 Å². The van der Waals surface area contributed by atoms with Crippen molar-refractivity contribution in [2.45, 2.75) is 50.1 Å². The van der Waals surface area contributed by atoms with Crippen molar-refractivity contribution in [2.75, 3.05) is 13.1 Å². The summed E-state index contributed by atoms with van der Waals surface area (Å²) in [5.74, 6) is 0. The van der Waals surface area contributed by atoms with Gasteiger partial charge in [-0.05, 0) is 11.6 Å². The molecule has 1 aromatic carbocycles. The number of piperidine rings is 1. The van der Waals surface area contributed by atoms with Crippen LogP contribution in [0.25, 0.3) is 0 Å². The average Bonchev–Trinajstić information content (AvgIpc) is 3.66. The number of likely N-dealkylation sites (tertiary alicyclic amines) is 1. The summed E-state index contributed by atoms with van der Waals surface area (Å²) in [4.78, 5) is 23.3. The minimum atomic E-state index is -3.11. The predicted octanol–water partition coefficient (Wildman–Crippen LogP) is 5.74. The van der Waals surface area contributed by atoms with Crippen LogP contribution in [0.3, 0.4) is 0 Å². The second-order valence-electron chi connectivity index (χ2n) is 8.88. The van der Waals surface area contributed by atoms with Crippen LogP contribution in [0.2, 0.25) is 0 Å². The van der Waals surface area contributed by atoms with Crippen LogP contribution in [-0.4, -0.2) is 44.8 Å². The lowest BCUT2D eigenvalue weighted by Gasteiger charge is -2.38. The van der Waals surface area contributed by atoms with Gasteiger partial charge >= 0.3 is 0 Å². The Hall–Kier alpha value is -3.19. The monoisotopic (exact) mass is 539 g/mol. The molecule has 3 aromatic rings. The molecule has 0 spiro atoms. The van der Waals surface area contributed by atoms with E-state index in [4.69, 9.17) is 4.84 Å². The topological polar surface area (TPSA) is 72.6 Å². The number of hydrogen-bond donors (Lipinski definition) is 0. The molecule has 0 saturated carbocycles. The van der Waals surface area contributed by atoms with Crippen molar-refractivity contribution in [3.63, 3.8) is 0 Å². The molecule has 5 rings (SSSR count). The fourth-order valence-electron chi connectivity index (χ4n) is 4.55. The number of aldehydes is 1. The number of benzene rings is 1. The Morgan fingerprint density at radius 3 is 2.49 bits per heavy atom. The Kier molecular flexibility index (Phi) is 7.08. The molecule has 37 heavy (non-hydrogen) atoms. The van der Waals surface area contributed by atoms with Crippen LogP contribution >= 0.6 is 11.3 Å². The van der Waals surface area contributed by atoms with E-state index in [2.05, 4.69) is 15.2 Å². The van der Waals surface area contributed by atoms with Crippen LogP contribution in [-0.2, 0) is 15.3 Å². The van der Waals surface area contributed by atoms with Crippen molar-refractivity contribution in [2.24, 2.45) is 5.16 Å². The van der Waals surface area contributed by atoms with Crippen molar-refractivity contribution >= 4 is 23.3 Å². The average molecular weight is 540 g/mol. The number of thiazole rings is 1. The van der Waals surface area contributed by atoms with Crippen molar-refractivity contribution < 1.29 is 31.6 Å². The molecule has 0 N–H and O–H groups in total. The number of halogens is 5. The highest BCUT2D eigenvalue weighted by atomic mass is 32.1.